The number of hydrogen-bond acceptors (Lipinski definition) is 7. The van der Waals surface area contributed by atoms with Crippen molar-refractivity contribution >= 4 is 27.8 Å². The summed E-state index contributed by atoms with van der Waals surface area (Å²) in [5, 5.41) is 23.8. The quantitative estimate of drug-likeness (QED) is 0.246. The Bertz CT molecular complexity index is 1090. The standard InChI is InChI=1S/C24H31N3O4S/c1-3-16(15-31-2)12-26-13-18-6-4-5-17(11-18)9-10-25-14-21(29)19-7-8-20(28)22-23(19)32-24(30)27-22/h4-8,11-12,16,21,25,28-29H,3,9-10,13-15H2,1-2H3,(H,27,30)/t16?,21-/m0/s1. The van der Waals surface area contributed by atoms with E-state index in [0.717, 1.165) is 24.2 Å². The summed E-state index contributed by atoms with van der Waals surface area (Å²) in [7, 11) is 1.71. The predicted octanol–water partition coefficient (Wildman–Crippen LogP) is 3.40. The number of phenols is 1. The lowest BCUT2D eigenvalue weighted by Gasteiger charge is -2.13. The zero-order chi connectivity index (χ0) is 22.9. The summed E-state index contributed by atoms with van der Waals surface area (Å²) in [6, 6.07) is 11.5. The predicted molar refractivity (Wildman–Crippen MR) is 130 cm³/mol. The average Bonchev–Trinajstić information content (AvgIpc) is 3.19. The second-order valence-corrected chi connectivity index (χ2v) is 8.78. The van der Waals surface area contributed by atoms with Gasteiger partial charge >= 0.3 is 4.87 Å². The van der Waals surface area contributed by atoms with Crippen molar-refractivity contribution in [3.8, 4) is 5.75 Å². The highest BCUT2D eigenvalue weighted by atomic mass is 32.1. The first-order valence-electron chi connectivity index (χ1n) is 10.8. The molecule has 172 valence electrons. The van der Waals surface area contributed by atoms with Gasteiger partial charge in [-0.15, -0.1) is 0 Å². The van der Waals surface area contributed by atoms with Crippen molar-refractivity contribution in [2.75, 3.05) is 26.8 Å². The number of aromatic hydroxyl groups is 1. The minimum absolute atomic E-state index is 0.00962. The number of aromatic amines is 1. The van der Waals surface area contributed by atoms with Crippen molar-refractivity contribution in [1.29, 1.82) is 0 Å². The van der Waals surface area contributed by atoms with Crippen LogP contribution in [-0.2, 0) is 17.7 Å². The zero-order valence-electron chi connectivity index (χ0n) is 18.5. The number of thiazole rings is 1. The molecule has 0 saturated heterocycles. The Morgan fingerprint density at radius 1 is 1.28 bits per heavy atom. The van der Waals surface area contributed by atoms with Gasteiger partial charge in [0.25, 0.3) is 0 Å². The molecular weight excluding hydrogens is 426 g/mol. The molecule has 2 aromatic carbocycles. The Morgan fingerprint density at radius 3 is 2.88 bits per heavy atom. The lowest BCUT2D eigenvalue weighted by atomic mass is 10.1. The number of aliphatic hydroxyl groups is 1. The first-order valence-corrected chi connectivity index (χ1v) is 11.6. The molecule has 3 aromatic rings. The van der Waals surface area contributed by atoms with Crippen LogP contribution in [0.15, 0.2) is 46.2 Å². The van der Waals surface area contributed by atoms with Gasteiger partial charge in [-0.05, 0) is 36.6 Å². The lowest BCUT2D eigenvalue weighted by Crippen LogP contribution is -2.23. The minimum atomic E-state index is -0.774. The van der Waals surface area contributed by atoms with Gasteiger partial charge < -0.3 is 25.3 Å². The molecule has 0 saturated carbocycles. The number of hydrogen-bond donors (Lipinski definition) is 4. The maximum Gasteiger partial charge on any atom is 0.305 e. The average molecular weight is 458 g/mol. The fraction of sp³-hybridized carbons (Fsp3) is 0.417. The van der Waals surface area contributed by atoms with Crippen molar-refractivity contribution < 1.29 is 14.9 Å². The highest BCUT2D eigenvalue weighted by Crippen LogP contribution is 2.31. The molecule has 0 fully saturated rings. The van der Waals surface area contributed by atoms with Crippen molar-refractivity contribution in [2.45, 2.75) is 32.4 Å². The van der Waals surface area contributed by atoms with E-state index in [0.29, 0.717) is 47.9 Å². The highest BCUT2D eigenvalue weighted by Gasteiger charge is 2.15. The number of fused-ring (bicyclic) bond motifs is 1. The van der Waals surface area contributed by atoms with Gasteiger partial charge in [0.15, 0.2) is 0 Å². The fourth-order valence-corrected chi connectivity index (χ4v) is 4.47. The van der Waals surface area contributed by atoms with Gasteiger partial charge in [-0.1, -0.05) is 48.6 Å². The Hall–Kier alpha value is -2.52. The minimum Gasteiger partial charge on any atom is -0.506 e. The number of H-pyrrole nitrogens is 1. The third kappa shape index (κ3) is 6.49. The Kier molecular flexibility index (Phi) is 8.99. The molecule has 3 rings (SSSR count). The van der Waals surface area contributed by atoms with Gasteiger partial charge in [-0.2, -0.15) is 0 Å². The Morgan fingerprint density at radius 2 is 2.09 bits per heavy atom. The van der Waals surface area contributed by atoms with Gasteiger partial charge in [0.05, 0.1) is 24.0 Å². The maximum atomic E-state index is 11.6. The molecule has 0 aliphatic carbocycles. The van der Waals surface area contributed by atoms with Crippen LogP contribution in [0.3, 0.4) is 0 Å². The molecule has 0 spiro atoms. The van der Waals surface area contributed by atoms with Crippen molar-refractivity contribution in [3.63, 3.8) is 0 Å². The van der Waals surface area contributed by atoms with Crippen LogP contribution in [0, 0.1) is 5.92 Å². The van der Waals surface area contributed by atoms with E-state index in [1.807, 2.05) is 12.3 Å². The third-order valence-electron chi connectivity index (χ3n) is 5.36. The number of nitrogens with one attached hydrogen (secondary N) is 2. The molecule has 0 bridgehead atoms. The smallest absolute Gasteiger partial charge is 0.305 e. The van der Waals surface area contributed by atoms with Crippen molar-refractivity contribution in [1.82, 2.24) is 10.3 Å². The van der Waals surface area contributed by atoms with Crippen molar-refractivity contribution in [2.24, 2.45) is 10.9 Å². The van der Waals surface area contributed by atoms with Gasteiger partial charge in [0.2, 0.25) is 0 Å². The van der Waals surface area contributed by atoms with E-state index >= 15 is 0 Å². The Balaban J connectivity index is 1.50. The fourth-order valence-electron chi connectivity index (χ4n) is 3.55. The van der Waals surface area contributed by atoms with Crippen LogP contribution in [0.2, 0.25) is 0 Å². The summed E-state index contributed by atoms with van der Waals surface area (Å²) in [6.45, 7) is 4.53. The second kappa shape index (κ2) is 11.9. The van der Waals surface area contributed by atoms with Crippen LogP contribution in [-0.4, -0.2) is 48.2 Å². The Labute approximate surface area is 191 Å². The first kappa shape index (κ1) is 24.1. The van der Waals surface area contributed by atoms with Crippen LogP contribution < -0.4 is 10.2 Å². The molecule has 7 nitrogen and oxygen atoms in total. The summed E-state index contributed by atoms with van der Waals surface area (Å²) in [4.78, 5) is 18.6. The number of ether oxygens (including phenoxy) is 1. The zero-order valence-corrected chi connectivity index (χ0v) is 19.3. The number of phenolic OH excluding ortho intramolecular Hbond substituents is 1. The number of aromatic nitrogens is 1. The van der Waals surface area contributed by atoms with Gasteiger partial charge in [0.1, 0.15) is 11.3 Å². The monoisotopic (exact) mass is 457 g/mol. The van der Waals surface area contributed by atoms with Gasteiger partial charge in [0, 0.05) is 31.4 Å². The molecule has 32 heavy (non-hydrogen) atoms. The molecule has 1 heterocycles. The summed E-state index contributed by atoms with van der Waals surface area (Å²) in [5.41, 5.74) is 3.38. The molecule has 0 radical (unpaired) electrons. The van der Waals surface area contributed by atoms with Crippen LogP contribution in [0.5, 0.6) is 5.75 Å². The summed E-state index contributed by atoms with van der Waals surface area (Å²) in [5.74, 6) is 0.358. The van der Waals surface area contributed by atoms with Crippen LogP contribution in [0.1, 0.15) is 36.1 Å². The molecule has 8 heteroatoms. The highest BCUT2D eigenvalue weighted by molar-refractivity contribution is 7.16. The van der Waals surface area contributed by atoms with Crippen molar-refractivity contribution in [3.05, 3.63) is 62.8 Å². The van der Waals surface area contributed by atoms with E-state index in [-0.39, 0.29) is 10.6 Å². The van der Waals surface area contributed by atoms with Crippen LogP contribution in [0.25, 0.3) is 10.2 Å². The number of benzene rings is 2. The third-order valence-corrected chi connectivity index (χ3v) is 6.29. The van der Waals surface area contributed by atoms with Gasteiger partial charge in [-0.25, -0.2) is 0 Å². The normalized spacial score (nSPS) is 13.7. The van der Waals surface area contributed by atoms with E-state index in [1.54, 1.807) is 13.2 Å². The molecular formula is C24H31N3O4S. The van der Waals surface area contributed by atoms with E-state index < -0.39 is 6.10 Å². The molecule has 0 amide bonds. The summed E-state index contributed by atoms with van der Waals surface area (Å²) in [6.07, 6.45) is 3.05. The summed E-state index contributed by atoms with van der Waals surface area (Å²) >= 11 is 0.994. The largest absolute Gasteiger partial charge is 0.506 e. The number of methoxy groups -OCH3 is 1. The topological polar surface area (TPSA) is 107 Å². The summed E-state index contributed by atoms with van der Waals surface area (Å²) < 4.78 is 5.79. The number of aliphatic hydroxyl groups excluding tert-OH is 1. The number of rotatable bonds is 12. The van der Waals surface area contributed by atoms with Crippen LogP contribution in [0.4, 0.5) is 0 Å². The first-order chi connectivity index (χ1) is 15.5. The molecule has 0 aliphatic rings. The molecule has 1 unspecified atom stereocenters. The van der Waals surface area contributed by atoms with E-state index in [2.05, 4.69) is 40.4 Å². The molecule has 0 aliphatic heterocycles. The lowest BCUT2D eigenvalue weighted by molar-refractivity contribution is 0.176. The van der Waals surface area contributed by atoms with E-state index in [1.165, 1.54) is 17.2 Å². The molecule has 1 aromatic heterocycles. The van der Waals surface area contributed by atoms with E-state index in [9.17, 15) is 15.0 Å². The molecule has 2 atom stereocenters. The number of aliphatic imine (C=N–C) groups is 1. The number of nitrogens with zero attached hydrogens (tertiary/aromatic N) is 1. The SMILES string of the molecule is CCC(C=NCc1cccc(CCNC[C@H](O)c2ccc(O)c3[nH]c(=O)sc23)c1)COC. The van der Waals surface area contributed by atoms with E-state index in [4.69, 9.17) is 4.74 Å². The molecule has 4 N–H and O–H groups in total. The van der Waals surface area contributed by atoms with Gasteiger partial charge in [-0.3, -0.25) is 9.79 Å². The maximum absolute atomic E-state index is 11.6. The van der Waals surface area contributed by atoms with Crippen LogP contribution >= 0.6 is 11.3 Å². The second-order valence-electron chi connectivity index (χ2n) is 7.80.